The van der Waals surface area contributed by atoms with Crippen molar-refractivity contribution in [3.8, 4) is 5.19 Å². The van der Waals surface area contributed by atoms with Gasteiger partial charge in [-0.05, 0) is 24.7 Å². The molecule has 0 aromatic carbocycles. The van der Waals surface area contributed by atoms with Gasteiger partial charge in [-0.3, -0.25) is 0 Å². The summed E-state index contributed by atoms with van der Waals surface area (Å²) in [5.74, 6) is -0.439. The Morgan fingerprint density at radius 1 is 1.24 bits per heavy atom. The van der Waals surface area contributed by atoms with Gasteiger partial charge in [0, 0.05) is 0 Å². The highest BCUT2D eigenvalue weighted by Crippen LogP contribution is 2.18. The van der Waals surface area contributed by atoms with Crippen LogP contribution in [0.3, 0.4) is 0 Å². The molecule has 0 spiro atoms. The maximum atomic E-state index is 11.3. The highest BCUT2D eigenvalue weighted by Gasteiger charge is 2.14. The van der Waals surface area contributed by atoms with Gasteiger partial charge in [0.25, 0.3) is 5.19 Å². The molecule has 1 aromatic rings. The van der Waals surface area contributed by atoms with Crippen LogP contribution in [0.1, 0.15) is 49.3 Å². The Hall–Kier alpha value is -1.17. The molecule has 6 heteroatoms. The van der Waals surface area contributed by atoms with Crippen LogP contribution < -0.4 is 4.74 Å². The second kappa shape index (κ2) is 8.00. The minimum Gasteiger partial charge on any atom is -0.469 e. The third-order valence-corrected chi connectivity index (χ3v) is 2.90. The molecule has 0 aliphatic heterocycles. The maximum absolute atomic E-state index is 11.3. The zero-order chi connectivity index (χ0) is 12.5. The lowest BCUT2D eigenvalue weighted by Crippen LogP contribution is -2.03. The quantitative estimate of drug-likeness (QED) is 0.530. The van der Waals surface area contributed by atoms with Gasteiger partial charge in [-0.25, -0.2) is 4.79 Å². The number of ether oxygens (including phenoxy) is 2. The van der Waals surface area contributed by atoms with E-state index in [2.05, 4.69) is 17.1 Å². The molecular formula is C11H18N2O3S. The summed E-state index contributed by atoms with van der Waals surface area (Å²) in [6.07, 6.45) is 4.57. The van der Waals surface area contributed by atoms with E-state index in [0.717, 1.165) is 24.2 Å². The van der Waals surface area contributed by atoms with Crippen molar-refractivity contribution < 1.29 is 14.3 Å². The van der Waals surface area contributed by atoms with Gasteiger partial charge in [0.2, 0.25) is 5.01 Å². The molecule has 0 atom stereocenters. The minimum atomic E-state index is -0.439. The lowest BCUT2D eigenvalue weighted by atomic mass is 10.2. The Balaban J connectivity index is 2.28. The third kappa shape index (κ3) is 5.12. The van der Waals surface area contributed by atoms with Gasteiger partial charge in [0.05, 0.1) is 13.2 Å². The van der Waals surface area contributed by atoms with Gasteiger partial charge in [0.1, 0.15) is 0 Å². The highest BCUT2D eigenvalue weighted by molar-refractivity contribution is 7.14. The molecule has 5 nitrogen and oxygen atoms in total. The van der Waals surface area contributed by atoms with E-state index in [1.165, 1.54) is 12.8 Å². The second-order valence-electron chi connectivity index (χ2n) is 3.50. The van der Waals surface area contributed by atoms with Crippen LogP contribution in [0.5, 0.6) is 5.19 Å². The number of carbonyl (C=O) groups excluding carboxylic acids is 1. The molecule has 1 aromatic heterocycles. The summed E-state index contributed by atoms with van der Waals surface area (Å²) in [5, 5.41) is 8.18. The largest absolute Gasteiger partial charge is 0.469 e. The Bertz CT molecular complexity index is 341. The lowest BCUT2D eigenvalue weighted by molar-refractivity contribution is 0.0525. The number of esters is 1. The van der Waals surface area contributed by atoms with Gasteiger partial charge in [-0.15, -0.1) is 5.10 Å². The van der Waals surface area contributed by atoms with Crippen molar-refractivity contribution in [2.45, 2.75) is 39.5 Å². The zero-order valence-electron chi connectivity index (χ0n) is 10.3. The first kappa shape index (κ1) is 13.9. The molecule has 1 heterocycles. The minimum absolute atomic E-state index is 0.246. The van der Waals surface area contributed by atoms with E-state index in [9.17, 15) is 4.79 Å². The predicted molar refractivity (Wildman–Crippen MR) is 65.5 cm³/mol. The smallest absolute Gasteiger partial charge is 0.369 e. The SMILES string of the molecule is CCCCCCOc1nnc(C(=O)OCC)s1. The van der Waals surface area contributed by atoms with Crippen LogP contribution in [0.15, 0.2) is 0 Å². The average molecular weight is 258 g/mol. The Labute approximate surface area is 105 Å². The van der Waals surface area contributed by atoms with Crippen LogP contribution in [0.25, 0.3) is 0 Å². The number of carbonyl (C=O) groups is 1. The summed E-state index contributed by atoms with van der Waals surface area (Å²) in [4.78, 5) is 11.3. The highest BCUT2D eigenvalue weighted by atomic mass is 32.1. The van der Waals surface area contributed by atoms with Crippen molar-refractivity contribution in [1.82, 2.24) is 10.2 Å². The van der Waals surface area contributed by atoms with Gasteiger partial charge in [0.15, 0.2) is 0 Å². The van der Waals surface area contributed by atoms with Gasteiger partial charge >= 0.3 is 5.97 Å². The van der Waals surface area contributed by atoms with Crippen molar-refractivity contribution in [3.63, 3.8) is 0 Å². The summed E-state index contributed by atoms with van der Waals surface area (Å²) >= 11 is 1.13. The number of unbranched alkanes of at least 4 members (excludes halogenated alkanes) is 3. The summed E-state index contributed by atoms with van der Waals surface area (Å²) < 4.78 is 10.2. The predicted octanol–water partition coefficient (Wildman–Crippen LogP) is 2.67. The molecule has 96 valence electrons. The summed E-state index contributed by atoms with van der Waals surface area (Å²) in [7, 11) is 0. The monoisotopic (exact) mass is 258 g/mol. The molecule has 0 saturated carbocycles. The van der Waals surface area contributed by atoms with Crippen molar-refractivity contribution >= 4 is 17.3 Å². The molecule has 17 heavy (non-hydrogen) atoms. The first-order valence-electron chi connectivity index (χ1n) is 5.91. The first-order chi connectivity index (χ1) is 8.27. The molecule has 0 saturated heterocycles. The standard InChI is InChI=1S/C11H18N2O3S/c1-3-5-6-7-8-16-11-13-12-9(17-11)10(14)15-4-2/h3-8H2,1-2H3. The molecule has 0 aliphatic rings. The molecule has 0 aliphatic carbocycles. The van der Waals surface area contributed by atoms with Crippen LogP contribution in [0.2, 0.25) is 0 Å². The molecule has 1 rings (SSSR count). The Morgan fingerprint density at radius 2 is 2.06 bits per heavy atom. The summed E-state index contributed by atoms with van der Waals surface area (Å²) in [6.45, 7) is 4.88. The summed E-state index contributed by atoms with van der Waals surface area (Å²) in [6, 6.07) is 0. The van der Waals surface area contributed by atoms with Crippen LogP contribution in [-0.4, -0.2) is 29.4 Å². The number of nitrogens with zero attached hydrogens (tertiary/aromatic N) is 2. The van der Waals surface area contributed by atoms with E-state index in [-0.39, 0.29) is 5.01 Å². The molecular weight excluding hydrogens is 240 g/mol. The van der Waals surface area contributed by atoms with Crippen molar-refractivity contribution in [2.75, 3.05) is 13.2 Å². The van der Waals surface area contributed by atoms with Crippen molar-refractivity contribution in [2.24, 2.45) is 0 Å². The molecule has 0 bridgehead atoms. The topological polar surface area (TPSA) is 61.3 Å². The number of hydrogen-bond acceptors (Lipinski definition) is 6. The van der Waals surface area contributed by atoms with Gasteiger partial charge < -0.3 is 9.47 Å². The van der Waals surface area contributed by atoms with Crippen molar-refractivity contribution in [1.29, 1.82) is 0 Å². The Kier molecular flexibility index (Phi) is 6.54. The first-order valence-corrected chi connectivity index (χ1v) is 6.73. The molecule has 0 unspecified atom stereocenters. The maximum Gasteiger partial charge on any atom is 0.369 e. The zero-order valence-corrected chi connectivity index (χ0v) is 11.1. The van der Waals surface area contributed by atoms with E-state index in [1.54, 1.807) is 6.92 Å². The van der Waals surface area contributed by atoms with E-state index in [4.69, 9.17) is 9.47 Å². The Morgan fingerprint density at radius 3 is 2.76 bits per heavy atom. The molecule has 0 N–H and O–H groups in total. The fourth-order valence-electron chi connectivity index (χ4n) is 1.23. The second-order valence-corrected chi connectivity index (χ2v) is 4.44. The van der Waals surface area contributed by atoms with E-state index in [0.29, 0.717) is 18.4 Å². The van der Waals surface area contributed by atoms with Crippen LogP contribution >= 0.6 is 11.3 Å². The van der Waals surface area contributed by atoms with Crippen LogP contribution in [0.4, 0.5) is 0 Å². The van der Waals surface area contributed by atoms with E-state index < -0.39 is 5.97 Å². The van der Waals surface area contributed by atoms with Crippen molar-refractivity contribution in [3.05, 3.63) is 5.01 Å². The van der Waals surface area contributed by atoms with Crippen LogP contribution in [0, 0.1) is 0 Å². The molecule has 0 amide bonds. The van der Waals surface area contributed by atoms with Gasteiger partial charge in [-0.1, -0.05) is 31.3 Å². The number of rotatable bonds is 8. The normalized spacial score (nSPS) is 10.2. The average Bonchev–Trinajstić information content (AvgIpc) is 2.78. The van der Waals surface area contributed by atoms with E-state index >= 15 is 0 Å². The van der Waals surface area contributed by atoms with Crippen LogP contribution in [-0.2, 0) is 4.74 Å². The molecule has 0 radical (unpaired) electrons. The summed E-state index contributed by atoms with van der Waals surface area (Å²) in [5.41, 5.74) is 0. The van der Waals surface area contributed by atoms with Gasteiger partial charge in [-0.2, -0.15) is 0 Å². The number of aromatic nitrogens is 2. The molecule has 0 fully saturated rings. The third-order valence-electron chi connectivity index (χ3n) is 2.08. The van der Waals surface area contributed by atoms with E-state index in [1.807, 2.05) is 0 Å². The number of hydrogen-bond donors (Lipinski definition) is 0. The fraction of sp³-hybridized carbons (Fsp3) is 0.727. The lowest BCUT2D eigenvalue weighted by Gasteiger charge is -2.00. The fourth-order valence-corrected chi connectivity index (χ4v) is 1.84.